The van der Waals surface area contributed by atoms with E-state index in [2.05, 4.69) is 31.2 Å². The van der Waals surface area contributed by atoms with Crippen LogP contribution in [0.1, 0.15) is 15.9 Å². The Labute approximate surface area is 136 Å². The van der Waals surface area contributed by atoms with Gasteiger partial charge in [-0.15, -0.1) is 0 Å². The summed E-state index contributed by atoms with van der Waals surface area (Å²) in [6.45, 7) is 3.12. The lowest BCUT2D eigenvalue weighted by Crippen LogP contribution is -2.47. The second-order valence-corrected chi connectivity index (χ2v) is 6.26. The Bertz CT molecular complexity index is 680. The number of hydrogen-bond acceptors (Lipinski definition) is 5. The van der Waals surface area contributed by atoms with Crippen molar-refractivity contribution in [2.24, 2.45) is 10.9 Å². The van der Waals surface area contributed by atoms with E-state index in [1.165, 1.54) is 0 Å². The third kappa shape index (κ3) is 2.48. The summed E-state index contributed by atoms with van der Waals surface area (Å²) in [4.78, 5) is 28.4. The first-order valence-electron chi connectivity index (χ1n) is 6.92. The van der Waals surface area contributed by atoms with Gasteiger partial charge in [-0.25, -0.2) is 0 Å². The number of hydrazone groups is 1. The molecule has 0 unspecified atom stereocenters. The van der Waals surface area contributed by atoms with E-state index in [4.69, 9.17) is 5.84 Å². The number of nitrogens with zero attached hydrogens (tertiary/aromatic N) is 3. The number of amides is 2. The van der Waals surface area contributed by atoms with Crippen LogP contribution in [0.5, 0.6) is 0 Å². The first-order valence-corrected chi connectivity index (χ1v) is 7.71. The Hall–Kier alpha value is -1.93. The third-order valence-corrected chi connectivity index (χ3v) is 4.58. The zero-order chi connectivity index (χ0) is 15.9. The maximum Gasteiger partial charge on any atom is 0.276 e. The zero-order valence-electron chi connectivity index (χ0n) is 12.1. The lowest BCUT2D eigenvalue weighted by atomic mass is 10.1. The van der Waals surface area contributed by atoms with E-state index >= 15 is 0 Å². The number of fused-ring (bicyclic) bond motifs is 1. The van der Waals surface area contributed by atoms with E-state index in [1.54, 1.807) is 12.1 Å². The van der Waals surface area contributed by atoms with Crippen molar-refractivity contribution in [1.82, 2.24) is 9.80 Å². The highest BCUT2D eigenvalue weighted by atomic mass is 79.9. The summed E-state index contributed by atoms with van der Waals surface area (Å²) < 4.78 is 0.630. The molecule has 0 atom stereocenters. The van der Waals surface area contributed by atoms with Gasteiger partial charge in [-0.3, -0.25) is 9.59 Å². The largest absolute Gasteiger partial charge is 0.336 e. The molecule has 0 bridgehead atoms. The van der Waals surface area contributed by atoms with Crippen LogP contribution in [0.15, 0.2) is 21.7 Å². The van der Waals surface area contributed by atoms with Crippen LogP contribution in [0.3, 0.4) is 0 Å². The van der Waals surface area contributed by atoms with Crippen molar-refractivity contribution in [2.45, 2.75) is 0 Å². The van der Waals surface area contributed by atoms with E-state index in [1.807, 2.05) is 11.9 Å². The molecule has 1 aromatic rings. The number of benzene rings is 1. The molecule has 22 heavy (non-hydrogen) atoms. The van der Waals surface area contributed by atoms with Crippen LogP contribution in [0.25, 0.3) is 0 Å². The Balaban J connectivity index is 1.91. The summed E-state index contributed by atoms with van der Waals surface area (Å²) in [6, 6.07) is 3.39. The predicted molar refractivity (Wildman–Crippen MR) is 86.9 cm³/mol. The van der Waals surface area contributed by atoms with Crippen molar-refractivity contribution in [1.29, 1.82) is 0 Å². The van der Waals surface area contributed by atoms with Crippen LogP contribution >= 0.6 is 15.9 Å². The number of rotatable bonds is 1. The van der Waals surface area contributed by atoms with Crippen molar-refractivity contribution in [3.8, 4) is 0 Å². The van der Waals surface area contributed by atoms with Crippen LogP contribution in [-0.2, 0) is 4.79 Å². The van der Waals surface area contributed by atoms with Gasteiger partial charge in [0.2, 0.25) is 0 Å². The molecule has 1 aromatic carbocycles. The first-order chi connectivity index (χ1) is 10.5. The zero-order valence-corrected chi connectivity index (χ0v) is 13.7. The van der Waals surface area contributed by atoms with Gasteiger partial charge in [-0.1, -0.05) is 0 Å². The predicted octanol–water partition coefficient (Wildman–Crippen LogP) is 0.452. The van der Waals surface area contributed by atoms with Crippen LogP contribution in [-0.4, -0.2) is 60.6 Å². The minimum Gasteiger partial charge on any atom is -0.336 e. The fourth-order valence-corrected chi connectivity index (χ4v) is 3.33. The van der Waals surface area contributed by atoms with E-state index < -0.39 is 0 Å². The summed E-state index contributed by atoms with van der Waals surface area (Å²) in [6.07, 6.45) is 0. The molecular weight excluding hydrogens is 350 g/mol. The highest BCUT2D eigenvalue weighted by Gasteiger charge is 2.30. The normalized spacial score (nSPS) is 20.2. The van der Waals surface area contributed by atoms with Crippen LogP contribution < -0.4 is 11.2 Å². The average molecular weight is 366 g/mol. The minimum atomic E-state index is -0.359. The van der Waals surface area contributed by atoms with Crippen LogP contribution in [0.2, 0.25) is 0 Å². The molecule has 3 N–H and O–H groups in total. The second kappa shape index (κ2) is 5.69. The van der Waals surface area contributed by atoms with Gasteiger partial charge in [0.25, 0.3) is 11.8 Å². The van der Waals surface area contributed by atoms with E-state index in [0.717, 1.165) is 13.1 Å². The number of halogens is 1. The molecule has 2 heterocycles. The Kier molecular flexibility index (Phi) is 3.88. The molecule has 0 aliphatic carbocycles. The highest BCUT2D eigenvalue weighted by molar-refractivity contribution is 9.10. The van der Waals surface area contributed by atoms with Gasteiger partial charge in [0.1, 0.15) is 0 Å². The molecule has 3 rings (SSSR count). The molecule has 0 radical (unpaired) electrons. The summed E-state index contributed by atoms with van der Waals surface area (Å²) in [5.74, 6) is 4.87. The van der Waals surface area contributed by atoms with Gasteiger partial charge in [0.05, 0.1) is 5.69 Å². The molecule has 8 heteroatoms. The summed E-state index contributed by atoms with van der Waals surface area (Å²) >= 11 is 3.40. The van der Waals surface area contributed by atoms with E-state index in [-0.39, 0.29) is 17.5 Å². The van der Waals surface area contributed by atoms with Crippen molar-refractivity contribution in [2.75, 3.05) is 38.5 Å². The molecule has 7 nitrogen and oxygen atoms in total. The lowest BCUT2D eigenvalue weighted by Gasteiger charge is -2.32. The highest BCUT2D eigenvalue weighted by Crippen LogP contribution is 2.32. The Morgan fingerprint density at radius 2 is 2.00 bits per heavy atom. The van der Waals surface area contributed by atoms with Gasteiger partial charge in [0, 0.05) is 41.8 Å². The summed E-state index contributed by atoms with van der Waals surface area (Å²) in [7, 11) is 2.04. The molecular formula is C14H16BrN5O2. The number of hydrogen-bond donors (Lipinski definition) is 2. The number of piperazine rings is 1. The van der Waals surface area contributed by atoms with Gasteiger partial charge < -0.3 is 21.0 Å². The van der Waals surface area contributed by atoms with Crippen molar-refractivity contribution >= 4 is 39.1 Å². The second-order valence-electron chi connectivity index (χ2n) is 5.41. The number of carbonyl (C=O) groups is 2. The van der Waals surface area contributed by atoms with Gasteiger partial charge in [0.15, 0.2) is 5.71 Å². The number of carbonyl (C=O) groups excluding carboxylic acids is 2. The molecule has 0 spiro atoms. The van der Waals surface area contributed by atoms with Crippen molar-refractivity contribution < 1.29 is 9.59 Å². The molecule has 1 fully saturated rings. The molecule has 116 valence electrons. The topological polar surface area (TPSA) is 91.0 Å². The molecule has 2 aliphatic rings. The Morgan fingerprint density at radius 1 is 1.32 bits per heavy atom. The number of likely N-dealkylation sites (N-methyl/N-ethyl adjacent to an activating group) is 1. The average Bonchev–Trinajstić information content (AvgIpc) is 2.83. The SMILES string of the molecule is CN1CCN(C(=O)c2cc(Br)c3c(c2)NC(=O)/C3=N\N)CC1. The molecule has 0 aromatic heterocycles. The maximum absolute atomic E-state index is 12.6. The number of anilines is 1. The van der Waals surface area contributed by atoms with E-state index in [0.29, 0.717) is 34.4 Å². The monoisotopic (exact) mass is 365 g/mol. The van der Waals surface area contributed by atoms with Gasteiger partial charge in [-0.2, -0.15) is 5.10 Å². The molecule has 2 aliphatic heterocycles. The first kappa shape index (κ1) is 15.0. The number of nitrogens with two attached hydrogens (primary N) is 1. The third-order valence-electron chi connectivity index (χ3n) is 3.96. The lowest BCUT2D eigenvalue weighted by molar-refractivity contribution is -0.110. The summed E-state index contributed by atoms with van der Waals surface area (Å²) in [5.41, 5.74) is 1.86. The minimum absolute atomic E-state index is 0.0380. The van der Waals surface area contributed by atoms with Crippen LogP contribution in [0.4, 0.5) is 5.69 Å². The van der Waals surface area contributed by atoms with Gasteiger partial charge in [-0.05, 0) is 35.1 Å². The Morgan fingerprint density at radius 3 is 2.64 bits per heavy atom. The standard InChI is InChI=1S/C14H16BrN5O2/c1-19-2-4-20(5-3-19)14(22)8-6-9(15)11-10(7-8)17-13(21)12(11)18-16/h6-7H,2-5,16H2,1H3,(H,17,18,21). The number of nitrogens with one attached hydrogen (secondary N) is 1. The summed E-state index contributed by atoms with van der Waals surface area (Å²) in [5, 5.41) is 6.20. The van der Waals surface area contributed by atoms with E-state index in [9.17, 15) is 9.59 Å². The fourth-order valence-electron chi connectivity index (χ4n) is 2.68. The molecule has 1 saturated heterocycles. The van der Waals surface area contributed by atoms with Crippen molar-refractivity contribution in [3.05, 3.63) is 27.7 Å². The fraction of sp³-hybridized carbons (Fsp3) is 0.357. The van der Waals surface area contributed by atoms with Crippen LogP contribution in [0, 0.1) is 0 Å². The molecule has 0 saturated carbocycles. The smallest absolute Gasteiger partial charge is 0.276 e. The molecule has 2 amide bonds. The van der Waals surface area contributed by atoms with Crippen molar-refractivity contribution in [3.63, 3.8) is 0 Å². The van der Waals surface area contributed by atoms with Gasteiger partial charge >= 0.3 is 0 Å². The quantitative estimate of drug-likeness (QED) is 0.558. The maximum atomic E-state index is 12.6.